The lowest BCUT2D eigenvalue weighted by Gasteiger charge is -2.19. The van der Waals surface area contributed by atoms with Gasteiger partial charge in [-0.2, -0.15) is 0 Å². The molecule has 0 amide bonds. The Labute approximate surface area is 101 Å². The van der Waals surface area contributed by atoms with Gasteiger partial charge in [-0.25, -0.2) is 0 Å². The minimum absolute atomic E-state index is 0.212. The predicted molar refractivity (Wildman–Crippen MR) is 68.5 cm³/mol. The Morgan fingerprint density at radius 1 is 1.38 bits per heavy atom. The van der Waals surface area contributed by atoms with Gasteiger partial charge >= 0.3 is 7.60 Å². The van der Waals surface area contributed by atoms with Crippen molar-refractivity contribution in [2.24, 2.45) is 0 Å². The van der Waals surface area contributed by atoms with Crippen molar-refractivity contribution in [1.29, 1.82) is 0 Å². The number of rotatable bonds is 7. The fraction of sp³-hybridized carbons (Fsp3) is 0.636. The van der Waals surface area contributed by atoms with Gasteiger partial charge in [-0.15, -0.1) is 11.3 Å². The molecule has 0 spiro atoms. The molecular formula is C11H19O3PS. The summed E-state index contributed by atoms with van der Waals surface area (Å²) >= 11 is 1.68. The lowest BCUT2D eigenvalue weighted by molar-refractivity contribution is 0.219. The maximum absolute atomic E-state index is 12.3. The zero-order valence-corrected chi connectivity index (χ0v) is 11.7. The van der Waals surface area contributed by atoms with Gasteiger partial charge in [0.05, 0.1) is 19.4 Å². The van der Waals surface area contributed by atoms with Crippen LogP contribution in [-0.2, 0) is 13.6 Å². The molecule has 0 fully saturated rings. The van der Waals surface area contributed by atoms with Crippen molar-refractivity contribution in [2.75, 3.05) is 19.4 Å². The van der Waals surface area contributed by atoms with Gasteiger partial charge in [0.2, 0.25) is 0 Å². The highest BCUT2D eigenvalue weighted by molar-refractivity contribution is 7.53. The second-order valence-corrected chi connectivity index (χ2v) is 6.63. The molecule has 0 radical (unpaired) electrons. The van der Waals surface area contributed by atoms with Gasteiger partial charge in [-0.3, -0.25) is 4.57 Å². The third-order valence-electron chi connectivity index (χ3n) is 2.18. The summed E-state index contributed by atoms with van der Waals surface area (Å²) < 4.78 is 22.8. The van der Waals surface area contributed by atoms with E-state index >= 15 is 0 Å². The van der Waals surface area contributed by atoms with Gasteiger partial charge in [0.25, 0.3) is 0 Å². The Bertz CT molecular complexity index is 327. The highest BCUT2D eigenvalue weighted by Crippen LogP contribution is 2.51. The molecular weight excluding hydrogens is 243 g/mol. The second-order valence-electron chi connectivity index (χ2n) is 3.55. The van der Waals surface area contributed by atoms with E-state index < -0.39 is 7.60 Å². The molecule has 0 aliphatic rings. The summed E-state index contributed by atoms with van der Waals surface area (Å²) in [5.41, 5.74) is 0. The Morgan fingerprint density at radius 3 is 2.44 bits per heavy atom. The van der Waals surface area contributed by atoms with Crippen LogP contribution in [0.5, 0.6) is 0 Å². The molecule has 1 rings (SSSR count). The van der Waals surface area contributed by atoms with Crippen LogP contribution in [0.15, 0.2) is 17.5 Å². The highest BCUT2D eigenvalue weighted by Gasteiger charge is 2.27. The zero-order chi connectivity index (χ0) is 12.0. The molecule has 0 N–H and O–H groups in total. The van der Waals surface area contributed by atoms with E-state index in [2.05, 4.69) is 13.0 Å². The van der Waals surface area contributed by atoms with Crippen LogP contribution < -0.4 is 0 Å². The average molecular weight is 262 g/mol. The smallest absolute Gasteiger partial charge is 0.309 e. The molecule has 3 nitrogen and oxygen atoms in total. The van der Waals surface area contributed by atoms with Gasteiger partial charge in [0, 0.05) is 10.8 Å². The van der Waals surface area contributed by atoms with E-state index in [-0.39, 0.29) is 5.92 Å². The molecule has 1 heterocycles. The molecule has 0 saturated carbocycles. The third kappa shape index (κ3) is 4.02. The Kier molecular flexibility index (Phi) is 5.70. The summed E-state index contributed by atoms with van der Waals surface area (Å²) in [7, 11) is -2.91. The average Bonchev–Trinajstić information content (AvgIpc) is 2.70. The first-order valence-electron chi connectivity index (χ1n) is 5.52. The number of thiophene rings is 1. The van der Waals surface area contributed by atoms with Gasteiger partial charge in [0.1, 0.15) is 0 Å². The van der Waals surface area contributed by atoms with Crippen molar-refractivity contribution < 1.29 is 13.6 Å². The first kappa shape index (κ1) is 13.9. The molecule has 92 valence electrons. The molecule has 0 aromatic carbocycles. The molecule has 0 bridgehead atoms. The molecule has 5 heteroatoms. The maximum Gasteiger partial charge on any atom is 0.331 e. The Morgan fingerprint density at radius 2 is 2.00 bits per heavy atom. The van der Waals surface area contributed by atoms with Gasteiger partial charge in [-0.1, -0.05) is 13.0 Å². The lowest BCUT2D eigenvalue weighted by Crippen LogP contribution is -2.05. The third-order valence-corrected chi connectivity index (χ3v) is 5.58. The van der Waals surface area contributed by atoms with Crippen LogP contribution in [0.2, 0.25) is 0 Å². The summed E-state index contributed by atoms with van der Waals surface area (Å²) in [5.74, 6) is 0.212. The maximum atomic E-state index is 12.3. The van der Waals surface area contributed by atoms with Crippen LogP contribution >= 0.6 is 18.9 Å². The van der Waals surface area contributed by atoms with Crippen LogP contribution in [-0.4, -0.2) is 19.4 Å². The summed E-state index contributed by atoms with van der Waals surface area (Å²) in [5, 5.41) is 2.03. The first-order valence-corrected chi connectivity index (χ1v) is 8.13. The van der Waals surface area contributed by atoms with E-state index in [0.29, 0.717) is 19.4 Å². The molecule has 1 unspecified atom stereocenters. The van der Waals surface area contributed by atoms with Gasteiger partial charge in [0.15, 0.2) is 0 Å². The van der Waals surface area contributed by atoms with Crippen molar-refractivity contribution in [2.45, 2.75) is 26.7 Å². The van der Waals surface area contributed by atoms with E-state index in [1.54, 1.807) is 11.3 Å². The minimum Gasteiger partial charge on any atom is -0.309 e. The topological polar surface area (TPSA) is 35.5 Å². The minimum atomic E-state index is -2.91. The van der Waals surface area contributed by atoms with E-state index in [1.807, 2.05) is 25.3 Å². The van der Waals surface area contributed by atoms with E-state index in [9.17, 15) is 4.57 Å². The molecule has 16 heavy (non-hydrogen) atoms. The van der Waals surface area contributed by atoms with Crippen LogP contribution in [0.1, 0.15) is 31.6 Å². The van der Waals surface area contributed by atoms with Crippen molar-refractivity contribution in [3.8, 4) is 0 Å². The number of hydrogen-bond acceptors (Lipinski definition) is 4. The van der Waals surface area contributed by atoms with Crippen LogP contribution in [0.4, 0.5) is 0 Å². The summed E-state index contributed by atoms with van der Waals surface area (Å²) in [6.07, 6.45) is 0.454. The fourth-order valence-electron chi connectivity index (χ4n) is 1.53. The quantitative estimate of drug-likeness (QED) is 0.693. The van der Waals surface area contributed by atoms with Crippen molar-refractivity contribution in [3.05, 3.63) is 22.4 Å². The molecule has 0 saturated heterocycles. The Hall–Kier alpha value is -0.150. The van der Waals surface area contributed by atoms with E-state index in [0.717, 1.165) is 0 Å². The lowest BCUT2D eigenvalue weighted by atomic mass is 10.2. The molecule has 0 aliphatic carbocycles. The fourth-order valence-corrected chi connectivity index (χ4v) is 4.38. The largest absolute Gasteiger partial charge is 0.331 e. The second kappa shape index (κ2) is 6.55. The zero-order valence-electron chi connectivity index (χ0n) is 10.0. The normalized spacial score (nSPS) is 13.9. The molecule has 1 atom stereocenters. The molecule has 0 aliphatic heterocycles. The molecule has 1 aromatic heterocycles. The summed E-state index contributed by atoms with van der Waals surface area (Å²) in [6.45, 7) is 6.57. The van der Waals surface area contributed by atoms with Crippen LogP contribution in [0.3, 0.4) is 0 Å². The summed E-state index contributed by atoms with van der Waals surface area (Å²) in [4.78, 5) is 1.22. The van der Waals surface area contributed by atoms with Crippen molar-refractivity contribution in [1.82, 2.24) is 0 Å². The van der Waals surface area contributed by atoms with Crippen LogP contribution in [0, 0.1) is 0 Å². The van der Waals surface area contributed by atoms with Crippen molar-refractivity contribution in [3.63, 3.8) is 0 Å². The first-order chi connectivity index (χ1) is 7.61. The monoisotopic (exact) mass is 262 g/mol. The highest BCUT2D eigenvalue weighted by atomic mass is 32.1. The summed E-state index contributed by atoms with van der Waals surface area (Å²) in [6, 6.07) is 4.06. The van der Waals surface area contributed by atoms with Gasteiger partial charge < -0.3 is 9.05 Å². The van der Waals surface area contributed by atoms with Crippen molar-refractivity contribution >= 4 is 18.9 Å². The van der Waals surface area contributed by atoms with Gasteiger partial charge in [-0.05, 0) is 25.3 Å². The van der Waals surface area contributed by atoms with E-state index in [1.165, 1.54) is 4.88 Å². The Balaban J connectivity index is 2.64. The SMILES string of the molecule is CCOP(=O)(CC(C)c1cccs1)OCC. The number of hydrogen-bond donors (Lipinski definition) is 0. The van der Waals surface area contributed by atoms with E-state index in [4.69, 9.17) is 9.05 Å². The molecule has 1 aromatic rings. The van der Waals surface area contributed by atoms with Crippen LogP contribution in [0.25, 0.3) is 0 Å². The standard InChI is InChI=1S/C11H19O3PS/c1-4-13-15(12,14-5-2)9-10(3)11-7-6-8-16-11/h6-8,10H,4-5,9H2,1-3H3. The predicted octanol–water partition coefficient (Wildman–Crippen LogP) is 4.12.